The SMILES string of the molecule is CCN(CC)CC(O)CN[C@H](C)c1ccc(C)cc1. The number of nitrogens with one attached hydrogen (secondary N) is 1. The quantitative estimate of drug-likeness (QED) is 0.756. The molecule has 0 aliphatic heterocycles. The molecule has 2 N–H and O–H groups in total. The summed E-state index contributed by atoms with van der Waals surface area (Å²) < 4.78 is 0. The summed E-state index contributed by atoms with van der Waals surface area (Å²) in [7, 11) is 0. The van der Waals surface area contributed by atoms with Crippen molar-refractivity contribution in [3.63, 3.8) is 0 Å². The van der Waals surface area contributed by atoms with Crippen molar-refractivity contribution in [2.75, 3.05) is 26.2 Å². The number of aliphatic hydroxyl groups excluding tert-OH is 1. The van der Waals surface area contributed by atoms with E-state index in [1.54, 1.807) is 0 Å². The molecule has 1 rings (SSSR count). The summed E-state index contributed by atoms with van der Waals surface area (Å²) in [6, 6.07) is 8.81. The number of rotatable bonds is 8. The molecule has 3 nitrogen and oxygen atoms in total. The van der Waals surface area contributed by atoms with Gasteiger partial charge in [0.05, 0.1) is 6.10 Å². The maximum Gasteiger partial charge on any atom is 0.0791 e. The van der Waals surface area contributed by atoms with Crippen LogP contribution in [0.2, 0.25) is 0 Å². The highest BCUT2D eigenvalue weighted by atomic mass is 16.3. The van der Waals surface area contributed by atoms with Crippen molar-refractivity contribution in [3.05, 3.63) is 35.4 Å². The number of benzene rings is 1. The Bertz CT molecular complexity index is 346. The van der Waals surface area contributed by atoms with Gasteiger partial charge in [0.25, 0.3) is 0 Å². The number of hydrogen-bond acceptors (Lipinski definition) is 3. The van der Waals surface area contributed by atoms with Crippen molar-refractivity contribution in [2.24, 2.45) is 0 Å². The summed E-state index contributed by atoms with van der Waals surface area (Å²) in [4.78, 5) is 2.24. The van der Waals surface area contributed by atoms with E-state index in [0.717, 1.165) is 19.6 Å². The first-order valence-corrected chi connectivity index (χ1v) is 7.27. The molecule has 0 saturated carbocycles. The number of aryl methyl sites for hydroxylation is 1. The molecule has 0 saturated heterocycles. The van der Waals surface area contributed by atoms with E-state index in [0.29, 0.717) is 6.54 Å². The molecule has 1 aromatic rings. The topological polar surface area (TPSA) is 35.5 Å². The predicted molar refractivity (Wildman–Crippen MR) is 81.4 cm³/mol. The highest BCUT2D eigenvalue weighted by molar-refractivity contribution is 5.23. The van der Waals surface area contributed by atoms with Gasteiger partial charge in [-0.15, -0.1) is 0 Å². The van der Waals surface area contributed by atoms with E-state index in [1.807, 2.05) is 0 Å². The summed E-state index contributed by atoms with van der Waals surface area (Å²) in [5.41, 5.74) is 2.54. The molecule has 0 radical (unpaired) electrons. The largest absolute Gasteiger partial charge is 0.390 e. The van der Waals surface area contributed by atoms with Crippen molar-refractivity contribution in [3.8, 4) is 0 Å². The van der Waals surface area contributed by atoms with Crippen LogP contribution in [-0.2, 0) is 0 Å². The van der Waals surface area contributed by atoms with Crippen LogP contribution in [0.25, 0.3) is 0 Å². The maximum atomic E-state index is 10.0. The molecule has 1 aromatic carbocycles. The second-order valence-corrected chi connectivity index (χ2v) is 5.18. The van der Waals surface area contributed by atoms with Gasteiger partial charge < -0.3 is 15.3 Å². The monoisotopic (exact) mass is 264 g/mol. The van der Waals surface area contributed by atoms with Crippen LogP contribution >= 0.6 is 0 Å². The van der Waals surface area contributed by atoms with Gasteiger partial charge in [0.2, 0.25) is 0 Å². The number of hydrogen-bond donors (Lipinski definition) is 2. The summed E-state index contributed by atoms with van der Waals surface area (Å²) in [6.07, 6.45) is -0.312. The van der Waals surface area contributed by atoms with Gasteiger partial charge in [-0.2, -0.15) is 0 Å². The van der Waals surface area contributed by atoms with Gasteiger partial charge in [0.15, 0.2) is 0 Å². The Labute approximate surface area is 117 Å². The fraction of sp³-hybridized carbons (Fsp3) is 0.625. The Kier molecular flexibility index (Phi) is 7.06. The Balaban J connectivity index is 2.37. The normalized spacial score (nSPS) is 14.6. The molecule has 0 amide bonds. The van der Waals surface area contributed by atoms with Crippen LogP contribution in [0.4, 0.5) is 0 Å². The van der Waals surface area contributed by atoms with E-state index in [4.69, 9.17) is 0 Å². The lowest BCUT2D eigenvalue weighted by atomic mass is 10.1. The van der Waals surface area contributed by atoms with Gasteiger partial charge in [-0.25, -0.2) is 0 Å². The van der Waals surface area contributed by atoms with Gasteiger partial charge in [-0.3, -0.25) is 0 Å². The molecule has 19 heavy (non-hydrogen) atoms. The molecule has 2 atom stereocenters. The molecule has 3 heteroatoms. The van der Waals surface area contributed by atoms with Gasteiger partial charge in [0, 0.05) is 19.1 Å². The minimum atomic E-state index is -0.312. The fourth-order valence-electron chi connectivity index (χ4n) is 2.13. The molecule has 0 heterocycles. The summed E-state index contributed by atoms with van der Waals surface area (Å²) >= 11 is 0. The summed E-state index contributed by atoms with van der Waals surface area (Å²) in [5.74, 6) is 0. The number of likely N-dealkylation sites (N-methyl/N-ethyl adjacent to an activating group) is 1. The standard InChI is InChI=1S/C16H28N2O/c1-5-18(6-2)12-16(19)11-17-14(4)15-9-7-13(3)8-10-15/h7-10,14,16-17,19H,5-6,11-12H2,1-4H3/t14-,16?/m1/s1. The molecule has 1 unspecified atom stereocenters. The minimum Gasteiger partial charge on any atom is -0.390 e. The van der Waals surface area contributed by atoms with Crippen LogP contribution < -0.4 is 5.32 Å². The molecular formula is C16H28N2O. The third-order valence-electron chi connectivity index (χ3n) is 3.60. The molecule has 0 bridgehead atoms. The van der Waals surface area contributed by atoms with Crippen molar-refractivity contribution in [1.29, 1.82) is 0 Å². The molecule has 0 spiro atoms. The van der Waals surface area contributed by atoms with Gasteiger partial charge in [0.1, 0.15) is 0 Å². The van der Waals surface area contributed by atoms with Crippen molar-refractivity contribution in [2.45, 2.75) is 39.8 Å². The first kappa shape index (κ1) is 16.2. The zero-order chi connectivity index (χ0) is 14.3. The number of aliphatic hydroxyl groups is 1. The maximum absolute atomic E-state index is 10.0. The molecule has 108 valence electrons. The van der Waals surface area contributed by atoms with Gasteiger partial charge >= 0.3 is 0 Å². The van der Waals surface area contributed by atoms with Crippen LogP contribution in [0.3, 0.4) is 0 Å². The van der Waals surface area contributed by atoms with E-state index >= 15 is 0 Å². The van der Waals surface area contributed by atoms with Gasteiger partial charge in [-0.1, -0.05) is 43.7 Å². The predicted octanol–water partition coefficient (Wildman–Crippen LogP) is 2.35. The molecular weight excluding hydrogens is 236 g/mol. The van der Waals surface area contributed by atoms with E-state index in [1.165, 1.54) is 11.1 Å². The average Bonchev–Trinajstić information content (AvgIpc) is 2.43. The second-order valence-electron chi connectivity index (χ2n) is 5.18. The van der Waals surface area contributed by atoms with Crippen LogP contribution in [0.5, 0.6) is 0 Å². The summed E-state index contributed by atoms with van der Waals surface area (Å²) in [6.45, 7) is 11.8. The summed E-state index contributed by atoms with van der Waals surface area (Å²) in [5, 5.41) is 13.4. The van der Waals surface area contributed by atoms with Crippen LogP contribution in [-0.4, -0.2) is 42.3 Å². The third-order valence-corrected chi connectivity index (χ3v) is 3.60. The highest BCUT2D eigenvalue weighted by Crippen LogP contribution is 2.12. The fourth-order valence-corrected chi connectivity index (χ4v) is 2.13. The van der Waals surface area contributed by atoms with Gasteiger partial charge in [-0.05, 0) is 32.5 Å². The van der Waals surface area contributed by atoms with E-state index in [9.17, 15) is 5.11 Å². The smallest absolute Gasteiger partial charge is 0.0791 e. The Morgan fingerprint density at radius 1 is 1.16 bits per heavy atom. The first-order chi connectivity index (χ1) is 9.06. The zero-order valence-electron chi connectivity index (χ0n) is 12.7. The second kappa shape index (κ2) is 8.31. The number of nitrogens with zero attached hydrogens (tertiary/aromatic N) is 1. The molecule has 0 aromatic heterocycles. The van der Waals surface area contributed by atoms with Crippen LogP contribution in [0.1, 0.15) is 37.9 Å². The zero-order valence-corrected chi connectivity index (χ0v) is 12.7. The lowest BCUT2D eigenvalue weighted by molar-refractivity contribution is 0.114. The Morgan fingerprint density at radius 3 is 2.26 bits per heavy atom. The van der Waals surface area contributed by atoms with E-state index in [2.05, 4.69) is 62.2 Å². The highest BCUT2D eigenvalue weighted by Gasteiger charge is 2.11. The van der Waals surface area contributed by atoms with Crippen molar-refractivity contribution in [1.82, 2.24) is 10.2 Å². The molecule has 0 aliphatic carbocycles. The Hall–Kier alpha value is -0.900. The van der Waals surface area contributed by atoms with Crippen molar-refractivity contribution < 1.29 is 5.11 Å². The van der Waals surface area contributed by atoms with E-state index in [-0.39, 0.29) is 12.1 Å². The average molecular weight is 264 g/mol. The first-order valence-electron chi connectivity index (χ1n) is 7.27. The lowest BCUT2D eigenvalue weighted by Crippen LogP contribution is -2.38. The third kappa shape index (κ3) is 5.72. The lowest BCUT2D eigenvalue weighted by Gasteiger charge is -2.23. The molecule has 0 fully saturated rings. The Morgan fingerprint density at radius 2 is 1.74 bits per heavy atom. The molecule has 0 aliphatic rings. The minimum absolute atomic E-state index is 0.270. The van der Waals surface area contributed by atoms with E-state index < -0.39 is 0 Å². The van der Waals surface area contributed by atoms with Crippen LogP contribution in [0.15, 0.2) is 24.3 Å². The van der Waals surface area contributed by atoms with Crippen LogP contribution in [0, 0.1) is 6.92 Å². The van der Waals surface area contributed by atoms with Crippen molar-refractivity contribution >= 4 is 0 Å².